The van der Waals surface area contributed by atoms with Gasteiger partial charge >= 0.3 is 5.97 Å². The van der Waals surface area contributed by atoms with Crippen LogP contribution in [-0.2, 0) is 4.79 Å². The van der Waals surface area contributed by atoms with Crippen molar-refractivity contribution in [1.82, 2.24) is 0 Å². The lowest BCUT2D eigenvalue weighted by atomic mass is 10.0. The first-order chi connectivity index (χ1) is 12.7. The van der Waals surface area contributed by atoms with E-state index in [0.717, 1.165) is 12.8 Å². The van der Waals surface area contributed by atoms with Gasteiger partial charge in [-0.25, -0.2) is 4.79 Å². The second-order valence-electron chi connectivity index (χ2n) is 7.34. The van der Waals surface area contributed by atoms with Crippen molar-refractivity contribution >= 4 is 12.0 Å². The fourth-order valence-corrected chi connectivity index (χ4v) is 3.30. The molecule has 0 saturated carbocycles. The predicted molar refractivity (Wildman–Crippen MR) is 109 cm³/mol. The van der Waals surface area contributed by atoms with Gasteiger partial charge in [0, 0.05) is 5.57 Å². The molecule has 1 N–H and O–H groups in total. The molecule has 0 aliphatic heterocycles. The van der Waals surface area contributed by atoms with Gasteiger partial charge in [0.2, 0.25) is 0 Å². The van der Waals surface area contributed by atoms with E-state index in [2.05, 4.69) is 6.92 Å². The molecule has 1 rings (SSSR count). The van der Waals surface area contributed by atoms with Crippen LogP contribution in [0.3, 0.4) is 0 Å². The summed E-state index contributed by atoms with van der Waals surface area (Å²) in [5.74, 6) is -0.219. The number of aliphatic carboxylic acids is 1. The maximum atomic E-state index is 11.3. The first-order valence-electron chi connectivity index (χ1n) is 10.7. The molecule has 1 heterocycles. The van der Waals surface area contributed by atoms with Crippen molar-refractivity contribution in [2.24, 2.45) is 0 Å². The van der Waals surface area contributed by atoms with Crippen LogP contribution in [0.5, 0.6) is 0 Å². The van der Waals surface area contributed by atoms with E-state index in [1.807, 2.05) is 0 Å². The average molecular weight is 363 g/mol. The Morgan fingerprint density at radius 2 is 1.38 bits per heavy atom. The summed E-state index contributed by atoms with van der Waals surface area (Å²) >= 11 is 0. The van der Waals surface area contributed by atoms with E-state index < -0.39 is 5.97 Å². The van der Waals surface area contributed by atoms with E-state index in [-0.39, 0.29) is 0 Å². The number of carboxylic acids is 1. The van der Waals surface area contributed by atoms with Crippen molar-refractivity contribution < 1.29 is 14.3 Å². The van der Waals surface area contributed by atoms with Gasteiger partial charge in [-0.1, -0.05) is 90.4 Å². The van der Waals surface area contributed by atoms with Crippen LogP contribution in [0.2, 0.25) is 0 Å². The van der Waals surface area contributed by atoms with Crippen LogP contribution in [0.1, 0.15) is 109 Å². The van der Waals surface area contributed by atoms with Crippen molar-refractivity contribution in [2.75, 3.05) is 0 Å². The van der Waals surface area contributed by atoms with Crippen LogP contribution in [-0.4, -0.2) is 11.1 Å². The van der Waals surface area contributed by atoms with Gasteiger partial charge in [-0.05, 0) is 31.1 Å². The minimum absolute atomic E-state index is 0.443. The molecule has 0 aromatic carbocycles. The third-order valence-electron chi connectivity index (χ3n) is 4.93. The van der Waals surface area contributed by atoms with Gasteiger partial charge in [0.15, 0.2) is 0 Å². The van der Waals surface area contributed by atoms with Crippen LogP contribution in [0.4, 0.5) is 0 Å². The summed E-state index contributed by atoms with van der Waals surface area (Å²) in [7, 11) is 0. The number of rotatable bonds is 17. The SMILES string of the molecule is CCCCCCCCCCCCCCCC/C(=C\c1ccco1)C(=O)O. The van der Waals surface area contributed by atoms with Crippen molar-refractivity contribution in [3.05, 3.63) is 29.7 Å². The summed E-state index contributed by atoms with van der Waals surface area (Å²) < 4.78 is 5.20. The van der Waals surface area contributed by atoms with E-state index in [1.54, 1.807) is 24.5 Å². The summed E-state index contributed by atoms with van der Waals surface area (Å²) in [4.78, 5) is 11.3. The van der Waals surface area contributed by atoms with Crippen LogP contribution < -0.4 is 0 Å². The van der Waals surface area contributed by atoms with E-state index in [1.165, 1.54) is 77.0 Å². The molecule has 26 heavy (non-hydrogen) atoms. The maximum Gasteiger partial charge on any atom is 0.331 e. The summed E-state index contributed by atoms with van der Waals surface area (Å²) in [5, 5.41) is 9.27. The zero-order valence-corrected chi connectivity index (χ0v) is 16.7. The molecule has 0 aliphatic carbocycles. The largest absolute Gasteiger partial charge is 0.478 e. The highest BCUT2D eigenvalue weighted by molar-refractivity contribution is 5.91. The highest BCUT2D eigenvalue weighted by Crippen LogP contribution is 2.17. The Morgan fingerprint density at radius 1 is 0.885 bits per heavy atom. The van der Waals surface area contributed by atoms with Gasteiger partial charge in [0.25, 0.3) is 0 Å². The molecule has 148 valence electrons. The van der Waals surface area contributed by atoms with Gasteiger partial charge in [0.1, 0.15) is 5.76 Å². The van der Waals surface area contributed by atoms with Gasteiger partial charge in [-0.3, -0.25) is 0 Å². The molecule has 0 spiro atoms. The Balaban J connectivity index is 1.93. The number of unbranched alkanes of at least 4 members (excludes halogenated alkanes) is 13. The molecule has 1 aromatic rings. The molecule has 0 amide bonds. The number of hydrogen-bond donors (Lipinski definition) is 1. The van der Waals surface area contributed by atoms with Crippen LogP contribution >= 0.6 is 0 Å². The van der Waals surface area contributed by atoms with Crippen LogP contribution in [0.25, 0.3) is 6.08 Å². The lowest BCUT2D eigenvalue weighted by Crippen LogP contribution is -2.00. The third kappa shape index (κ3) is 11.9. The smallest absolute Gasteiger partial charge is 0.331 e. The van der Waals surface area contributed by atoms with Crippen molar-refractivity contribution in [3.8, 4) is 0 Å². The number of carboxylic acid groups (broad SMARTS) is 1. The van der Waals surface area contributed by atoms with Gasteiger partial charge in [-0.2, -0.15) is 0 Å². The first kappa shape index (κ1) is 22.5. The number of hydrogen-bond acceptors (Lipinski definition) is 2. The molecule has 3 heteroatoms. The van der Waals surface area contributed by atoms with E-state index in [0.29, 0.717) is 17.8 Å². The Hall–Kier alpha value is -1.51. The second-order valence-corrected chi connectivity index (χ2v) is 7.34. The fourth-order valence-electron chi connectivity index (χ4n) is 3.30. The summed E-state index contributed by atoms with van der Waals surface area (Å²) in [5.41, 5.74) is 0.443. The van der Waals surface area contributed by atoms with Crippen molar-refractivity contribution in [2.45, 2.75) is 103 Å². The van der Waals surface area contributed by atoms with E-state index >= 15 is 0 Å². The molecule has 0 saturated heterocycles. The molecule has 3 nitrogen and oxygen atoms in total. The molecule has 0 radical (unpaired) electrons. The van der Waals surface area contributed by atoms with Gasteiger partial charge in [0.05, 0.1) is 6.26 Å². The number of furan rings is 1. The maximum absolute atomic E-state index is 11.3. The third-order valence-corrected chi connectivity index (χ3v) is 4.93. The molecular formula is C23H38O3. The average Bonchev–Trinajstić information content (AvgIpc) is 3.14. The Bertz CT molecular complexity index is 474. The van der Waals surface area contributed by atoms with Crippen LogP contribution in [0.15, 0.2) is 28.4 Å². The van der Waals surface area contributed by atoms with E-state index in [9.17, 15) is 9.90 Å². The van der Waals surface area contributed by atoms with Crippen molar-refractivity contribution in [1.29, 1.82) is 0 Å². The normalized spacial score (nSPS) is 11.8. The minimum Gasteiger partial charge on any atom is -0.478 e. The molecule has 0 fully saturated rings. The highest BCUT2D eigenvalue weighted by Gasteiger charge is 2.08. The standard InChI is InChI=1S/C23H38O3/c1-2-3-4-5-6-7-8-9-10-11-12-13-14-15-17-21(23(24)25)20-22-18-16-19-26-22/h16,18-20H,2-15,17H2,1H3,(H,24,25)/b21-20+. The predicted octanol–water partition coefficient (Wildman–Crippen LogP) is 7.62. The van der Waals surface area contributed by atoms with Crippen molar-refractivity contribution in [3.63, 3.8) is 0 Å². The van der Waals surface area contributed by atoms with Gasteiger partial charge in [-0.15, -0.1) is 0 Å². The molecule has 0 aliphatic rings. The summed E-state index contributed by atoms with van der Waals surface area (Å²) in [6, 6.07) is 3.56. The quantitative estimate of drug-likeness (QED) is 0.229. The first-order valence-corrected chi connectivity index (χ1v) is 10.7. The highest BCUT2D eigenvalue weighted by atomic mass is 16.4. The Kier molecular flexibility index (Phi) is 13.6. The zero-order chi connectivity index (χ0) is 18.9. The Morgan fingerprint density at radius 3 is 1.81 bits per heavy atom. The molecule has 0 atom stereocenters. The Labute approximate surface area is 159 Å². The number of carbonyl (C=O) groups is 1. The lowest BCUT2D eigenvalue weighted by Gasteiger charge is -2.04. The van der Waals surface area contributed by atoms with Gasteiger partial charge < -0.3 is 9.52 Å². The molecule has 0 bridgehead atoms. The van der Waals surface area contributed by atoms with Crippen LogP contribution in [0, 0.1) is 0 Å². The fraction of sp³-hybridized carbons (Fsp3) is 0.696. The lowest BCUT2D eigenvalue weighted by molar-refractivity contribution is -0.132. The summed E-state index contributed by atoms with van der Waals surface area (Å²) in [6.07, 6.45) is 22.2. The molecule has 1 aromatic heterocycles. The van der Waals surface area contributed by atoms with E-state index in [4.69, 9.17) is 4.42 Å². The molecule has 0 unspecified atom stereocenters. The second kappa shape index (κ2) is 15.7. The monoisotopic (exact) mass is 362 g/mol. The zero-order valence-electron chi connectivity index (χ0n) is 16.7. The topological polar surface area (TPSA) is 50.4 Å². The minimum atomic E-state index is -0.837. The summed E-state index contributed by atoms with van der Waals surface area (Å²) in [6.45, 7) is 2.27. The molecular weight excluding hydrogens is 324 g/mol.